The summed E-state index contributed by atoms with van der Waals surface area (Å²) in [6, 6.07) is 24.2. The van der Waals surface area contributed by atoms with E-state index in [-0.39, 0.29) is 13.0 Å². The molecule has 0 aliphatic rings. The molecule has 0 aromatic heterocycles. The van der Waals surface area contributed by atoms with E-state index < -0.39 is 11.9 Å². The fraction of sp³-hybridized carbons (Fsp3) is 0.192. The maximum atomic E-state index is 10.9. The summed E-state index contributed by atoms with van der Waals surface area (Å²) in [6.07, 6.45) is -0.227. The Morgan fingerprint density at radius 3 is 2.41 bits per heavy atom. The molecule has 0 aliphatic heterocycles. The molecule has 3 aromatic rings. The Morgan fingerprint density at radius 1 is 1.06 bits per heavy atom. The predicted octanol–water partition coefficient (Wildman–Crippen LogP) is 5.10. The molecular weight excluding hydrogens is 404 g/mol. The van der Waals surface area contributed by atoms with Crippen molar-refractivity contribution in [3.63, 3.8) is 0 Å². The average Bonchev–Trinajstić information content (AvgIpc) is 2.81. The van der Waals surface area contributed by atoms with Crippen LogP contribution < -0.4 is 9.47 Å². The summed E-state index contributed by atoms with van der Waals surface area (Å²) in [5, 5.41) is 26.2. The fourth-order valence-corrected chi connectivity index (χ4v) is 3.21. The van der Waals surface area contributed by atoms with Crippen LogP contribution in [-0.2, 0) is 11.4 Å². The lowest BCUT2D eigenvalue weighted by atomic mass is 9.97. The summed E-state index contributed by atoms with van der Waals surface area (Å²) in [6.45, 7) is 2.50. The van der Waals surface area contributed by atoms with Crippen LogP contribution in [0.5, 0.6) is 11.5 Å². The lowest BCUT2D eigenvalue weighted by molar-refractivity contribution is -0.137. The number of carboxylic acids is 1. The van der Waals surface area contributed by atoms with Gasteiger partial charge in [0.1, 0.15) is 24.7 Å². The first-order valence-electron chi connectivity index (χ1n) is 10.2. The van der Waals surface area contributed by atoms with Gasteiger partial charge in [-0.15, -0.1) is 0 Å². The van der Waals surface area contributed by atoms with E-state index in [9.17, 15) is 4.79 Å². The summed E-state index contributed by atoms with van der Waals surface area (Å²) in [4.78, 5) is 10.9. The van der Waals surface area contributed by atoms with Crippen LogP contribution >= 0.6 is 0 Å². The molecule has 0 saturated heterocycles. The van der Waals surface area contributed by atoms with Crippen LogP contribution in [-0.4, -0.2) is 23.4 Å². The summed E-state index contributed by atoms with van der Waals surface area (Å²) < 4.78 is 11.6. The number of hydrogen-bond acceptors (Lipinski definition) is 5. The third-order valence-electron chi connectivity index (χ3n) is 4.96. The minimum atomic E-state index is -1.00. The molecule has 0 amide bonds. The number of nitrogens with zero attached hydrogens (tertiary/aromatic N) is 1. The summed E-state index contributed by atoms with van der Waals surface area (Å²) in [7, 11) is 0. The second kappa shape index (κ2) is 10.8. The van der Waals surface area contributed by atoms with Crippen molar-refractivity contribution in [1.29, 1.82) is 10.7 Å². The van der Waals surface area contributed by atoms with Crippen molar-refractivity contribution in [1.82, 2.24) is 0 Å². The van der Waals surface area contributed by atoms with E-state index in [1.54, 1.807) is 24.3 Å². The highest BCUT2D eigenvalue weighted by atomic mass is 16.5. The maximum absolute atomic E-state index is 10.9. The molecule has 6 nitrogen and oxygen atoms in total. The maximum Gasteiger partial charge on any atom is 0.305 e. The fourth-order valence-electron chi connectivity index (χ4n) is 3.21. The van der Waals surface area contributed by atoms with Crippen molar-refractivity contribution >= 4 is 11.7 Å². The molecule has 0 heterocycles. The quantitative estimate of drug-likeness (QED) is 0.437. The van der Waals surface area contributed by atoms with Crippen LogP contribution in [0.25, 0.3) is 0 Å². The number of benzene rings is 3. The second-order valence-corrected chi connectivity index (χ2v) is 7.37. The Bertz CT molecular complexity index is 1120. The van der Waals surface area contributed by atoms with Gasteiger partial charge in [0.25, 0.3) is 0 Å². The number of ether oxygens (including phenoxy) is 2. The first-order chi connectivity index (χ1) is 15.5. The van der Waals surface area contributed by atoms with Crippen LogP contribution in [0.4, 0.5) is 0 Å². The minimum absolute atomic E-state index is 0.193. The topological polar surface area (TPSA) is 103 Å². The Kier molecular flexibility index (Phi) is 7.60. The molecule has 3 aromatic carbocycles. The Labute approximate surface area is 187 Å². The number of carboxylic acid groups (broad SMARTS) is 1. The molecule has 2 N–H and O–H groups in total. The molecule has 0 aliphatic carbocycles. The van der Waals surface area contributed by atoms with Gasteiger partial charge in [0.05, 0.1) is 24.1 Å². The number of aryl methyl sites for hydroxylation is 1. The Morgan fingerprint density at radius 2 is 1.78 bits per heavy atom. The van der Waals surface area contributed by atoms with Gasteiger partial charge in [0.15, 0.2) is 0 Å². The van der Waals surface area contributed by atoms with Gasteiger partial charge in [-0.1, -0.05) is 48.5 Å². The zero-order chi connectivity index (χ0) is 22.9. The van der Waals surface area contributed by atoms with Gasteiger partial charge in [-0.05, 0) is 53.4 Å². The van der Waals surface area contributed by atoms with Crippen LogP contribution in [0.3, 0.4) is 0 Å². The normalized spacial score (nSPS) is 11.2. The van der Waals surface area contributed by atoms with Crippen LogP contribution in [0.2, 0.25) is 0 Å². The third kappa shape index (κ3) is 6.19. The first-order valence-corrected chi connectivity index (χ1v) is 10.2. The van der Waals surface area contributed by atoms with Gasteiger partial charge >= 0.3 is 5.97 Å². The number of hydrogen-bond donors (Lipinski definition) is 2. The third-order valence-corrected chi connectivity index (χ3v) is 4.96. The van der Waals surface area contributed by atoms with E-state index in [1.807, 2.05) is 61.5 Å². The molecule has 1 unspecified atom stereocenters. The molecule has 32 heavy (non-hydrogen) atoms. The standard InChI is InChI=1S/C26H24N2O4/c1-18-13-19(7-12-25(18)32-17-24(28)21-5-3-2-4-6-21)16-31-23-10-8-20(9-11-23)22(15-27)14-26(29)30/h2-13,22,28H,14,16-17H2,1H3,(H,29,30). The van der Waals surface area contributed by atoms with Crippen molar-refractivity contribution in [2.45, 2.75) is 25.9 Å². The Balaban J connectivity index is 1.55. The number of carbonyl (C=O) groups is 1. The molecule has 3 rings (SSSR count). The van der Waals surface area contributed by atoms with E-state index >= 15 is 0 Å². The summed E-state index contributed by atoms with van der Waals surface area (Å²) >= 11 is 0. The molecule has 0 saturated carbocycles. The van der Waals surface area contributed by atoms with E-state index in [2.05, 4.69) is 0 Å². The Hall–Kier alpha value is -4.11. The van der Waals surface area contributed by atoms with Gasteiger partial charge in [-0.25, -0.2) is 0 Å². The lowest BCUT2D eigenvalue weighted by Crippen LogP contribution is -2.12. The van der Waals surface area contributed by atoms with Gasteiger partial charge in [-0.2, -0.15) is 5.26 Å². The van der Waals surface area contributed by atoms with Gasteiger partial charge < -0.3 is 20.0 Å². The monoisotopic (exact) mass is 428 g/mol. The molecule has 1 atom stereocenters. The molecule has 0 spiro atoms. The van der Waals surface area contributed by atoms with Crippen LogP contribution in [0.1, 0.15) is 34.6 Å². The SMILES string of the molecule is Cc1cc(COc2ccc(C(C#N)CC(=O)O)cc2)ccc1OCC(=N)c1ccccc1. The minimum Gasteiger partial charge on any atom is -0.489 e. The second-order valence-electron chi connectivity index (χ2n) is 7.37. The van der Waals surface area contributed by atoms with Crippen LogP contribution in [0.15, 0.2) is 72.8 Å². The van der Waals surface area contributed by atoms with Crippen LogP contribution in [0, 0.1) is 23.7 Å². The smallest absolute Gasteiger partial charge is 0.305 e. The molecule has 162 valence electrons. The molecule has 0 fully saturated rings. The highest BCUT2D eigenvalue weighted by molar-refractivity contribution is 5.99. The highest BCUT2D eigenvalue weighted by Crippen LogP contribution is 2.24. The van der Waals surface area contributed by atoms with Crippen molar-refractivity contribution in [2.75, 3.05) is 6.61 Å². The van der Waals surface area contributed by atoms with E-state index in [4.69, 9.17) is 25.3 Å². The van der Waals surface area contributed by atoms with Gasteiger partial charge in [-0.3, -0.25) is 4.79 Å². The average molecular weight is 428 g/mol. The van der Waals surface area contributed by atoms with Crippen molar-refractivity contribution in [3.8, 4) is 17.6 Å². The van der Waals surface area contributed by atoms with Gasteiger partial charge in [0.2, 0.25) is 0 Å². The number of nitrogens with one attached hydrogen (secondary N) is 1. The lowest BCUT2D eigenvalue weighted by Gasteiger charge is -2.13. The number of rotatable bonds is 10. The molecular formula is C26H24N2O4. The number of nitriles is 1. The number of aliphatic carboxylic acids is 1. The zero-order valence-electron chi connectivity index (χ0n) is 17.7. The summed E-state index contributed by atoms with van der Waals surface area (Å²) in [5.74, 6) is -0.327. The predicted molar refractivity (Wildman–Crippen MR) is 121 cm³/mol. The highest BCUT2D eigenvalue weighted by Gasteiger charge is 2.14. The first kappa shape index (κ1) is 22.6. The molecule has 6 heteroatoms. The van der Waals surface area contributed by atoms with Crippen molar-refractivity contribution in [3.05, 3.63) is 95.1 Å². The van der Waals surface area contributed by atoms with Crippen molar-refractivity contribution in [2.24, 2.45) is 0 Å². The summed E-state index contributed by atoms with van der Waals surface area (Å²) in [5.41, 5.74) is 3.83. The molecule has 0 radical (unpaired) electrons. The van der Waals surface area contributed by atoms with E-state index in [0.717, 1.165) is 22.4 Å². The van der Waals surface area contributed by atoms with E-state index in [0.29, 0.717) is 23.6 Å². The zero-order valence-corrected chi connectivity index (χ0v) is 17.7. The van der Waals surface area contributed by atoms with E-state index in [1.165, 1.54) is 0 Å². The van der Waals surface area contributed by atoms with Gasteiger partial charge in [0, 0.05) is 0 Å². The largest absolute Gasteiger partial charge is 0.489 e. The van der Waals surface area contributed by atoms with Crippen molar-refractivity contribution < 1.29 is 19.4 Å². The molecule has 0 bridgehead atoms.